The first-order chi connectivity index (χ1) is 17.3. The molecule has 0 saturated carbocycles. The van der Waals surface area contributed by atoms with Gasteiger partial charge in [-0.1, -0.05) is 30.3 Å². The average molecular weight is 507 g/mol. The predicted octanol–water partition coefficient (Wildman–Crippen LogP) is 5.78. The largest absolute Gasteiger partial charge is 0.497 e. The Bertz CT molecular complexity index is 1440. The van der Waals surface area contributed by atoms with Crippen LogP contribution in [0.4, 0.5) is 11.4 Å². The van der Waals surface area contributed by atoms with Crippen LogP contribution in [-0.2, 0) is 16.6 Å². The van der Waals surface area contributed by atoms with Crippen molar-refractivity contribution in [3.8, 4) is 23.0 Å². The summed E-state index contributed by atoms with van der Waals surface area (Å²) in [5.41, 5.74) is 0.815. The van der Waals surface area contributed by atoms with Crippen LogP contribution in [0.2, 0.25) is 0 Å². The number of nitro benzene ring substituents is 1. The van der Waals surface area contributed by atoms with Gasteiger partial charge in [0.05, 0.1) is 16.9 Å². The van der Waals surface area contributed by atoms with E-state index in [4.69, 9.17) is 14.2 Å². The molecule has 0 atom stereocenters. The Morgan fingerprint density at radius 1 is 0.833 bits per heavy atom. The van der Waals surface area contributed by atoms with E-state index in [0.717, 1.165) is 11.6 Å². The zero-order valence-corrected chi connectivity index (χ0v) is 20.0. The van der Waals surface area contributed by atoms with Crippen molar-refractivity contribution in [2.45, 2.75) is 11.5 Å². The molecule has 0 bridgehead atoms. The molecule has 0 saturated heterocycles. The first-order valence-electron chi connectivity index (χ1n) is 10.7. The number of nitrogens with zero attached hydrogens (tertiary/aromatic N) is 1. The van der Waals surface area contributed by atoms with Gasteiger partial charge in [-0.05, 0) is 66.2 Å². The fourth-order valence-electron chi connectivity index (χ4n) is 3.24. The number of anilines is 1. The monoisotopic (exact) mass is 506 g/mol. The topological polar surface area (TPSA) is 117 Å². The SMILES string of the molecule is COc1ccc(NS(=O)(=O)c2ccc(Oc3ccc(OCc4ccccc4)cc3)c([N+](=O)[O-])c2)cc1. The summed E-state index contributed by atoms with van der Waals surface area (Å²) in [5, 5.41) is 11.7. The van der Waals surface area contributed by atoms with Gasteiger partial charge in [0.1, 0.15) is 23.9 Å². The van der Waals surface area contributed by atoms with E-state index < -0.39 is 20.6 Å². The number of ether oxygens (including phenoxy) is 3. The maximum atomic E-state index is 12.8. The number of hydrogen-bond donors (Lipinski definition) is 1. The summed E-state index contributed by atoms with van der Waals surface area (Å²) in [6.07, 6.45) is 0. The lowest BCUT2D eigenvalue weighted by Crippen LogP contribution is -2.13. The molecule has 1 N–H and O–H groups in total. The average Bonchev–Trinajstić information content (AvgIpc) is 2.89. The predicted molar refractivity (Wildman–Crippen MR) is 134 cm³/mol. The van der Waals surface area contributed by atoms with Crippen molar-refractivity contribution < 1.29 is 27.6 Å². The summed E-state index contributed by atoms with van der Waals surface area (Å²) < 4.78 is 44.4. The lowest BCUT2D eigenvalue weighted by Gasteiger charge is -2.11. The molecule has 0 heterocycles. The van der Waals surface area contributed by atoms with E-state index in [9.17, 15) is 18.5 Å². The van der Waals surface area contributed by atoms with E-state index in [-0.39, 0.29) is 16.3 Å². The number of hydrogen-bond acceptors (Lipinski definition) is 7. The Morgan fingerprint density at radius 3 is 2.11 bits per heavy atom. The maximum Gasteiger partial charge on any atom is 0.312 e. The number of methoxy groups -OCH3 is 1. The van der Waals surface area contributed by atoms with Crippen LogP contribution in [-0.4, -0.2) is 20.5 Å². The highest BCUT2D eigenvalue weighted by Crippen LogP contribution is 2.34. The van der Waals surface area contributed by atoms with Gasteiger partial charge in [0.15, 0.2) is 0 Å². The molecule has 0 radical (unpaired) electrons. The third-order valence-corrected chi connectivity index (χ3v) is 6.46. The first kappa shape index (κ1) is 24.6. The molecule has 9 nitrogen and oxygen atoms in total. The molecule has 0 aliphatic rings. The van der Waals surface area contributed by atoms with Gasteiger partial charge < -0.3 is 14.2 Å². The summed E-state index contributed by atoms with van der Waals surface area (Å²) in [6, 6.07) is 25.9. The molecule has 0 spiro atoms. The standard InChI is InChI=1S/C26H22N2O7S/c1-33-21-9-7-20(8-10-21)27-36(31,32)24-15-16-26(25(17-24)28(29)30)35-23-13-11-22(12-14-23)34-18-19-5-3-2-4-6-19/h2-17,27H,18H2,1H3. The van der Waals surface area contributed by atoms with Gasteiger partial charge in [0.2, 0.25) is 5.75 Å². The summed E-state index contributed by atoms with van der Waals surface area (Å²) in [6.45, 7) is 0.396. The van der Waals surface area contributed by atoms with Crippen molar-refractivity contribution in [2.75, 3.05) is 11.8 Å². The Kier molecular flexibility index (Phi) is 7.36. The number of benzene rings is 4. The molecule has 0 fully saturated rings. The molecule has 0 aliphatic carbocycles. The molecule has 4 aromatic carbocycles. The third kappa shape index (κ3) is 6.10. The molecule has 0 aromatic heterocycles. The van der Waals surface area contributed by atoms with E-state index in [1.807, 2.05) is 30.3 Å². The molecular formula is C26H22N2O7S. The minimum absolute atomic E-state index is 0.0960. The van der Waals surface area contributed by atoms with Crippen molar-refractivity contribution in [2.24, 2.45) is 0 Å². The van der Waals surface area contributed by atoms with Crippen molar-refractivity contribution in [3.63, 3.8) is 0 Å². The van der Waals surface area contributed by atoms with E-state index in [1.54, 1.807) is 36.4 Å². The number of nitro groups is 1. The molecule has 10 heteroatoms. The van der Waals surface area contributed by atoms with Crippen molar-refractivity contribution in [1.82, 2.24) is 0 Å². The summed E-state index contributed by atoms with van der Waals surface area (Å²) in [7, 11) is -2.58. The van der Waals surface area contributed by atoms with Gasteiger partial charge in [-0.25, -0.2) is 8.42 Å². The second kappa shape index (κ2) is 10.8. The zero-order chi connectivity index (χ0) is 25.5. The van der Waals surface area contributed by atoms with Crippen LogP contribution in [0.25, 0.3) is 0 Å². The quantitative estimate of drug-likeness (QED) is 0.214. The zero-order valence-electron chi connectivity index (χ0n) is 19.2. The summed E-state index contributed by atoms with van der Waals surface area (Å²) in [4.78, 5) is 10.7. The van der Waals surface area contributed by atoms with Crippen molar-refractivity contribution >= 4 is 21.4 Å². The summed E-state index contributed by atoms with van der Waals surface area (Å²) in [5.74, 6) is 1.40. The second-order valence-electron chi connectivity index (χ2n) is 7.57. The van der Waals surface area contributed by atoms with Crippen LogP contribution < -0.4 is 18.9 Å². The highest BCUT2D eigenvalue weighted by molar-refractivity contribution is 7.92. The normalized spacial score (nSPS) is 10.9. The van der Waals surface area contributed by atoms with Crippen molar-refractivity contribution in [3.05, 3.63) is 113 Å². The fourth-order valence-corrected chi connectivity index (χ4v) is 4.32. The van der Waals surface area contributed by atoms with Crippen LogP contribution in [0, 0.1) is 10.1 Å². The number of nitrogens with one attached hydrogen (secondary N) is 1. The molecule has 4 rings (SSSR count). The van der Waals surface area contributed by atoms with Crippen LogP contribution >= 0.6 is 0 Å². The van der Waals surface area contributed by atoms with Crippen LogP contribution in [0.3, 0.4) is 0 Å². The number of sulfonamides is 1. The maximum absolute atomic E-state index is 12.8. The Hall–Kier alpha value is -4.57. The smallest absolute Gasteiger partial charge is 0.312 e. The Labute approximate surface area is 208 Å². The van der Waals surface area contributed by atoms with Gasteiger partial charge in [0, 0.05) is 11.8 Å². The molecular weight excluding hydrogens is 484 g/mol. The summed E-state index contributed by atoms with van der Waals surface area (Å²) >= 11 is 0. The first-order valence-corrected chi connectivity index (χ1v) is 12.2. The van der Waals surface area contributed by atoms with E-state index >= 15 is 0 Å². The highest BCUT2D eigenvalue weighted by atomic mass is 32.2. The van der Waals surface area contributed by atoms with Crippen LogP contribution in [0.15, 0.2) is 102 Å². The van der Waals surface area contributed by atoms with E-state index in [2.05, 4.69) is 4.72 Å². The van der Waals surface area contributed by atoms with Gasteiger partial charge in [-0.15, -0.1) is 0 Å². The van der Waals surface area contributed by atoms with E-state index in [0.29, 0.717) is 23.9 Å². The van der Waals surface area contributed by atoms with Gasteiger partial charge in [-0.3, -0.25) is 14.8 Å². The fraction of sp³-hybridized carbons (Fsp3) is 0.0769. The van der Waals surface area contributed by atoms with Gasteiger partial charge in [-0.2, -0.15) is 0 Å². The molecule has 0 aliphatic heterocycles. The lowest BCUT2D eigenvalue weighted by atomic mass is 10.2. The molecule has 0 amide bonds. The van der Waals surface area contributed by atoms with E-state index in [1.165, 1.54) is 31.4 Å². The van der Waals surface area contributed by atoms with Gasteiger partial charge in [0.25, 0.3) is 10.0 Å². The highest BCUT2D eigenvalue weighted by Gasteiger charge is 2.23. The molecule has 184 valence electrons. The lowest BCUT2D eigenvalue weighted by molar-refractivity contribution is -0.385. The Balaban J connectivity index is 1.48. The second-order valence-corrected chi connectivity index (χ2v) is 9.25. The van der Waals surface area contributed by atoms with Crippen molar-refractivity contribution in [1.29, 1.82) is 0 Å². The van der Waals surface area contributed by atoms with Crippen LogP contribution in [0.1, 0.15) is 5.56 Å². The molecule has 0 unspecified atom stereocenters. The molecule has 36 heavy (non-hydrogen) atoms. The minimum atomic E-state index is -4.08. The minimum Gasteiger partial charge on any atom is -0.497 e. The molecule has 4 aromatic rings. The van der Waals surface area contributed by atoms with Gasteiger partial charge >= 0.3 is 5.69 Å². The van der Waals surface area contributed by atoms with Crippen LogP contribution in [0.5, 0.6) is 23.0 Å². The third-order valence-electron chi connectivity index (χ3n) is 5.08. The number of rotatable bonds is 10. The Morgan fingerprint density at radius 2 is 1.47 bits per heavy atom.